The highest BCUT2D eigenvalue weighted by Crippen LogP contribution is 2.36. The van der Waals surface area contributed by atoms with Crippen molar-refractivity contribution in [1.29, 1.82) is 0 Å². The van der Waals surface area contributed by atoms with Crippen LogP contribution < -0.4 is 5.56 Å². The average Bonchev–Trinajstić information content (AvgIpc) is 2.96. The normalized spacial score (nSPS) is 13.5. The van der Waals surface area contributed by atoms with Crippen LogP contribution >= 0.6 is 11.6 Å². The van der Waals surface area contributed by atoms with E-state index in [4.69, 9.17) is 11.6 Å². The highest BCUT2D eigenvalue weighted by atomic mass is 35.5. The van der Waals surface area contributed by atoms with Gasteiger partial charge in [0, 0.05) is 22.3 Å². The molecule has 0 saturated heterocycles. The van der Waals surface area contributed by atoms with E-state index >= 15 is 0 Å². The molecule has 0 aliphatic carbocycles. The van der Waals surface area contributed by atoms with E-state index in [1.54, 1.807) is 0 Å². The van der Waals surface area contributed by atoms with E-state index in [1.165, 1.54) is 10.9 Å². The van der Waals surface area contributed by atoms with Crippen LogP contribution in [-0.4, -0.2) is 4.57 Å². The fourth-order valence-corrected chi connectivity index (χ4v) is 3.94. The lowest BCUT2D eigenvalue weighted by atomic mass is 9.97. The molecular weight excluding hydrogens is 294 g/mol. The first-order valence-corrected chi connectivity index (χ1v) is 7.78. The minimum Gasteiger partial charge on any atom is -0.307 e. The number of aromatic nitrogens is 1. The summed E-state index contributed by atoms with van der Waals surface area (Å²) < 4.78 is 1.92. The maximum absolute atomic E-state index is 12.7. The number of hydrogen-bond donors (Lipinski definition) is 0. The van der Waals surface area contributed by atoms with Gasteiger partial charge >= 0.3 is 0 Å². The third-order valence-corrected chi connectivity index (χ3v) is 4.94. The van der Waals surface area contributed by atoms with Crippen LogP contribution in [0.5, 0.6) is 0 Å². The van der Waals surface area contributed by atoms with E-state index in [2.05, 4.69) is 12.1 Å². The SMILES string of the molecule is O=c1c2ccccc2c2c3cc(Cl)ccc3cc3c2n1CC3. The summed E-state index contributed by atoms with van der Waals surface area (Å²) >= 11 is 6.23. The lowest BCUT2D eigenvalue weighted by molar-refractivity contribution is 0.747. The van der Waals surface area contributed by atoms with Crippen molar-refractivity contribution < 1.29 is 0 Å². The molecule has 0 spiro atoms. The van der Waals surface area contributed by atoms with Gasteiger partial charge in [-0.3, -0.25) is 4.79 Å². The Morgan fingerprint density at radius 2 is 1.77 bits per heavy atom. The van der Waals surface area contributed by atoms with Crippen molar-refractivity contribution in [3.8, 4) is 0 Å². The summed E-state index contributed by atoms with van der Waals surface area (Å²) in [6.45, 7) is 0.763. The predicted octanol–water partition coefficient (Wildman–Crippen LogP) is 4.52. The Balaban J connectivity index is 2.23. The van der Waals surface area contributed by atoms with Crippen LogP contribution in [0, 0.1) is 0 Å². The Labute approximate surface area is 131 Å². The number of aryl methyl sites for hydroxylation is 2. The molecule has 0 saturated carbocycles. The van der Waals surface area contributed by atoms with E-state index < -0.39 is 0 Å². The van der Waals surface area contributed by atoms with Gasteiger partial charge in [-0.15, -0.1) is 0 Å². The lowest BCUT2D eigenvalue weighted by Crippen LogP contribution is -2.18. The first kappa shape index (κ1) is 12.2. The number of nitrogens with zero attached hydrogens (tertiary/aromatic N) is 1. The maximum Gasteiger partial charge on any atom is 0.258 e. The van der Waals surface area contributed by atoms with Gasteiger partial charge < -0.3 is 4.57 Å². The minimum absolute atomic E-state index is 0.114. The second kappa shape index (κ2) is 4.11. The topological polar surface area (TPSA) is 22.0 Å². The van der Waals surface area contributed by atoms with Crippen molar-refractivity contribution in [2.24, 2.45) is 0 Å². The van der Waals surface area contributed by atoms with Crippen LogP contribution in [0.25, 0.3) is 32.4 Å². The summed E-state index contributed by atoms with van der Waals surface area (Å²) in [5.74, 6) is 0. The van der Waals surface area contributed by atoms with Gasteiger partial charge in [-0.25, -0.2) is 0 Å². The highest BCUT2D eigenvalue weighted by molar-refractivity contribution is 6.32. The van der Waals surface area contributed by atoms with Crippen LogP contribution in [0.15, 0.2) is 53.3 Å². The largest absolute Gasteiger partial charge is 0.307 e. The molecule has 0 bridgehead atoms. The molecule has 0 N–H and O–H groups in total. The Kier molecular flexibility index (Phi) is 2.29. The molecule has 1 aliphatic heterocycles. The van der Waals surface area contributed by atoms with Gasteiger partial charge in [0.05, 0.1) is 5.52 Å². The average molecular weight is 306 g/mol. The predicted molar refractivity (Wildman–Crippen MR) is 91.9 cm³/mol. The number of rotatable bonds is 0. The summed E-state index contributed by atoms with van der Waals surface area (Å²) in [5.41, 5.74) is 2.45. The Morgan fingerprint density at radius 1 is 0.955 bits per heavy atom. The molecule has 3 aromatic carbocycles. The molecule has 4 aromatic rings. The monoisotopic (exact) mass is 305 g/mol. The van der Waals surface area contributed by atoms with Crippen molar-refractivity contribution in [3.63, 3.8) is 0 Å². The third-order valence-electron chi connectivity index (χ3n) is 4.70. The summed E-state index contributed by atoms with van der Waals surface area (Å²) in [6, 6.07) is 16.1. The van der Waals surface area contributed by atoms with E-state index in [0.29, 0.717) is 0 Å². The molecule has 2 heterocycles. The standard InChI is InChI=1S/C19H12ClNO/c20-13-6-5-11-9-12-7-8-21-18(12)17(16(11)10-13)14-3-1-2-4-15(14)19(21)22/h1-6,9-10H,7-8H2. The molecular formula is C19H12ClNO. The first-order valence-electron chi connectivity index (χ1n) is 7.40. The minimum atomic E-state index is 0.114. The number of fused-ring (bicyclic) bond motifs is 4. The number of pyridine rings is 1. The number of halogens is 1. The second-order valence-corrected chi connectivity index (χ2v) is 6.31. The quantitative estimate of drug-likeness (QED) is 0.438. The van der Waals surface area contributed by atoms with Gasteiger partial charge in [-0.1, -0.05) is 35.9 Å². The van der Waals surface area contributed by atoms with E-state index in [9.17, 15) is 4.79 Å². The van der Waals surface area contributed by atoms with Crippen molar-refractivity contribution in [2.45, 2.75) is 13.0 Å². The zero-order chi connectivity index (χ0) is 14.8. The summed E-state index contributed by atoms with van der Waals surface area (Å²) in [7, 11) is 0. The highest BCUT2D eigenvalue weighted by Gasteiger charge is 2.20. The molecule has 1 aromatic heterocycles. The van der Waals surface area contributed by atoms with Gasteiger partial charge in [-0.2, -0.15) is 0 Å². The zero-order valence-corrected chi connectivity index (χ0v) is 12.5. The number of benzene rings is 3. The Morgan fingerprint density at radius 3 is 2.64 bits per heavy atom. The van der Waals surface area contributed by atoms with Gasteiger partial charge in [0.15, 0.2) is 0 Å². The fourth-order valence-electron chi connectivity index (χ4n) is 3.77. The van der Waals surface area contributed by atoms with Crippen LogP contribution in [0.1, 0.15) is 5.56 Å². The Bertz CT molecular complexity index is 1160. The molecule has 0 atom stereocenters. The second-order valence-electron chi connectivity index (χ2n) is 5.88. The molecule has 3 heteroatoms. The van der Waals surface area contributed by atoms with E-state index in [0.717, 1.165) is 45.0 Å². The van der Waals surface area contributed by atoms with Crippen LogP contribution in [-0.2, 0) is 13.0 Å². The van der Waals surface area contributed by atoms with Crippen LogP contribution in [0.4, 0.5) is 0 Å². The van der Waals surface area contributed by atoms with Crippen molar-refractivity contribution in [3.05, 3.63) is 69.5 Å². The molecule has 0 unspecified atom stereocenters. The van der Waals surface area contributed by atoms with Gasteiger partial charge in [-0.05, 0) is 52.4 Å². The number of hydrogen-bond acceptors (Lipinski definition) is 1. The molecule has 106 valence electrons. The Hall–Kier alpha value is -2.32. The van der Waals surface area contributed by atoms with Gasteiger partial charge in [0.2, 0.25) is 0 Å². The summed E-state index contributed by atoms with van der Waals surface area (Å²) in [6.07, 6.45) is 0.917. The van der Waals surface area contributed by atoms with Gasteiger partial charge in [0.1, 0.15) is 0 Å². The molecule has 0 amide bonds. The summed E-state index contributed by atoms with van der Waals surface area (Å²) in [5, 5.41) is 6.00. The lowest BCUT2D eigenvalue weighted by Gasteiger charge is -2.11. The fraction of sp³-hybridized carbons (Fsp3) is 0.105. The smallest absolute Gasteiger partial charge is 0.258 e. The van der Waals surface area contributed by atoms with E-state index in [1.807, 2.05) is 41.0 Å². The molecule has 0 fully saturated rings. The zero-order valence-electron chi connectivity index (χ0n) is 11.8. The molecule has 22 heavy (non-hydrogen) atoms. The first-order chi connectivity index (χ1) is 10.7. The van der Waals surface area contributed by atoms with Crippen molar-refractivity contribution in [2.75, 3.05) is 0 Å². The van der Waals surface area contributed by atoms with Gasteiger partial charge in [0.25, 0.3) is 5.56 Å². The van der Waals surface area contributed by atoms with E-state index in [-0.39, 0.29) is 5.56 Å². The maximum atomic E-state index is 12.7. The third kappa shape index (κ3) is 1.43. The van der Waals surface area contributed by atoms with Crippen molar-refractivity contribution in [1.82, 2.24) is 4.57 Å². The van der Waals surface area contributed by atoms with Crippen molar-refractivity contribution >= 4 is 44.0 Å². The molecule has 1 aliphatic rings. The molecule has 2 nitrogen and oxygen atoms in total. The van der Waals surface area contributed by atoms with Crippen LogP contribution in [0.2, 0.25) is 5.02 Å². The van der Waals surface area contributed by atoms with Crippen LogP contribution in [0.3, 0.4) is 0 Å². The molecule has 5 rings (SSSR count). The molecule has 0 radical (unpaired) electrons. The summed E-state index contributed by atoms with van der Waals surface area (Å²) in [4.78, 5) is 12.7.